The fourth-order valence-electron chi connectivity index (χ4n) is 4.66. The van der Waals surface area contributed by atoms with E-state index in [0.29, 0.717) is 19.4 Å². The second-order valence-electron chi connectivity index (χ2n) is 7.45. The lowest BCUT2D eigenvalue weighted by Crippen LogP contribution is -2.25. The number of aryl methyl sites for hydroxylation is 1. The number of hydrogen-bond donors (Lipinski definition) is 0. The van der Waals surface area contributed by atoms with Crippen molar-refractivity contribution in [3.8, 4) is 0 Å². The van der Waals surface area contributed by atoms with Gasteiger partial charge in [0, 0.05) is 36.9 Å². The number of allylic oxidation sites excluding steroid dienone is 2. The minimum absolute atomic E-state index is 0.0494. The first-order valence-electron chi connectivity index (χ1n) is 9.63. The van der Waals surface area contributed by atoms with Crippen molar-refractivity contribution in [2.45, 2.75) is 32.2 Å². The van der Waals surface area contributed by atoms with E-state index in [0.717, 1.165) is 29.8 Å². The van der Waals surface area contributed by atoms with Crippen molar-refractivity contribution < 1.29 is 9.18 Å². The molecule has 0 amide bonds. The number of nitrogens with zero attached hydrogens (tertiary/aromatic N) is 2. The maximum atomic E-state index is 13.4. The van der Waals surface area contributed by atoms with E-state index in [1.54, 1.807) is 6.20 Å². The number of Topliss-reactive ketones (excluding diaryl/α,β-unsaturated/α-hetero) is 1. The Morgan fingerprint density at radius 3 is 2.78 bits per heavy atom. The van der Waals surface area contributed by atoms with Crippen LogP contribution in [0.2, 0.25) is 0 Å². The summed E-state index contributed by atoms with van der Waals surface area (Å²) in [6, 6.07) is 12.6. The summed E-state index contributed by atoms with van der Waals surface area (Å²) in [5.74, 6) is 1.06. The predicted octanol–water partition coefficient (Wildman–Crippen LogP) is 4.84. The van der Waals surface area contributed by atoms with Gasteiger partial charge in [0.1, 0.15) is 5.82 Å². The zero-order chi connectivity index (χ0) is 18.4. The third-order valence-electron chi connectivity index (χ3n) is 5.91. The van der Waals surface area contributed by atoms with Gasteiger partial charge in [0.15, 0.2) is 5.78 Å². The van der Waals surface area contributed by atoms with Crippen molar-refractivity contribution in [1.82, 2.24) is 9.55 Å². The molecule has 2 aliphatic rings. The smallest absolute Gasteiger partial charge is 0.168 e. The van der Waals surface area contributed by atoms with Crippen LogP contribution >= 0.6 is 0 Å². The highest BCUT2D eigenvalue weighted by molar-refractivity contribution is 6.36. The number of carbonyl (C=O) groups excluding carboxylic acids is 1. The molecule has 27 heavy (non-hydrogen) atoms. The van der Waals surface area contributed by atoms with Crippen LogP contribution in [0.15, 0.2) is 48.8 Å². The quantitative estimate of drug-likeness (QED) is 0.652. The largest absolute Gasteiger partial charge is 0.334 e. The van der Waals surface area contributed by atoms with Crippen LogP contribution in [0, 0.1) is 5.92 Å². The summed E-state index contributed by atoms with van der Waals surface area (Å²) in [4.78, 5) is 17.8. The van der Waals surface area contributed by atoms with Crippen molar-refractivity contribution in [2.75, 3.05) is 6.67 Å². The molecule has 0 radical (unpaired) electrons. The van der Waals surface area contributed by atoms with Gasteiger partial charge in [-0.25, -0.2) is 4.98 Å². The van der Waals surface area contributed by atoms with Crippen molar-refractivity contribution in [3.05, 3.63) is 65.7 Å². The Hall–Kier alpha value is -2.75. The highest BCUT2D eigenvalue weighted by Crippen LogP contribution is 2.48. The lowest BCUT2D eigenvalue weighted by Gasteiger charge is -2.24. The Morgan fingerprint density at radius 1 is 1.15 bits per heavy atom. The first-order chi connectivity index (χ1) is 13.3. The van der Waals surface area contributed by atoms with E-state index in [1.807, 2.05) is 16.8 Å². The fourth-order valence-corrected chi connectivity index (χ4v) is 4.66. The van der Waals surface area contributed by atoms with Gasteiger partial charge in [-0.15, -0.1) is 0 Å². The molecule has 0 bridgehead atoms. The molecule has 0 aliphatic heterocycles. The van der Waals surface area contributed by atoms with E-state index < -0.39 is 0 Å². The summed E-state index contributed by atoms with van der Waals surface area (Å²) in [5, 5.41) is 2.43. The van der Waals surface area contributed by atoms with Crippen LogP contribution in [0.4, 0.5) is 4.39 Å². The predicted molar refractivity (Wildman–Crippen MR) is 105 cm³/mol. The molecule has 0 spiro atoms. The van der Waals surface area contributed by atoms with Gasteiger partial charge in [-0.05, 0) is 46.7 Å². The molecule has 3 nitrogen and oxygen atoms in total. The maximum absolute atomic E-state index is 13.4. The van der Waals surface area contributed by atoms with Crippen LogP contribution in [0.3, 0.4) is 0 Å². The van der Waals surface area contributed by atoms with E-state index in [4.69, 9.17) is 0 Å². The van der Waals surface area contributed by atoms with Gasteiger partial charge in [-0.2, -0.15) is 0 Å². The third-order valence-corrected chi connectivity index (χ3v) is 5.91. The van der Waals surface area contributed by atoms with Crippen LogP contribution < -0.4 is 0 Å². The second-order valence-corrected chi connectivity index (χ2v) is 7.45. The number of alkyl halides is 1. The number of imidazole rings is 1. The Labute approximate surface area is 157 Å². The standard InChI is InChI=1S/C23H21FN2O/c24-11-3-8-20-25-12-13-26(20)14-16-9-10-18-17-6-1-4-15-5-2-7-19(21(15)17)22(18)23(16)27/h1-2,4-7,12-13,16H,3,8-11,14H2/t16-/m1/s1. The summed E-state index contributed by atoms with van der Waals surface area (Å²) < 4.78 is 14.6. The summed E-state index contributed by atoms with van der Waals surface area (Å²) in [7, 11) is 0. The normalized spacial score (nSPS) is 18.4. The number of halogens is 1. The maximum Gasteiger partial charge on any atom is 0.168 e. The summed E-state index contributed by atoms with van der Waals surface area (Å²) in [6.07, 6.45) is 6.52. The van der Waals surface area contributed by atoms with Crippen LogP contribution in [0.1, 0.15) is 36.2 Å². The van der Waals surface area contributed by atoms with E-state index in [1.165, 1.54) is 21.9 Å². The highest BCUT2D eigenvalue weighted by Gasteiger charge is 2.36. The van der Waals surface area contributed by atoms with Crippen LogP contribution in [0.5, 0.6) is 0 Å². The van der Waals surface area contributed by atoms with Crippen LogP contribution in [-0.2, 0) is 17.8 Å². The van der Waals surface area contributed by atoms with Gasteiger partial charge in [0.2, 0.25) is 0 Å². The first-order valence-corrected chi connectivity index (χ1v) is 9.63. The number of aromatic nitrogens is 2. The number of fused-ring (bicyclic) bond motifs is 2. The van der Waals surface area contributed by atoms with Gasteiger partial charge in [0.05, 0.1) is 6.67 Å². The van der Waals surface area contributed by atoms with Crippen molar-refractivity contribution in [3.63, 3.8) is 0 Å². The number of rotatable bonds is 5. The van der Waals surface area contributed by atoms with Crippen molar-refractivity contribution >= 4 is 27.7 Å². The Bertz CT molecular complexity index is 1070. The SMILES string of the molecule is O=C1C2=C(CC[C@@H]1Cn1ccnc1CCCF)c1cccc3cccc2c13. The minimum Gasteiger partial charge on any atom is -0.334 e. The molecule has 136 valence electrons. The Kier molecular flexibility index (Phi) is 3.92. The number of ketones is 1. The molecule has 0 N–H and O–H groups in total. The van der Waals surface area contributed by atoms with E-state index in [2.05, 4.69) is 35.3 Å². The van der Waals surface area contributed by atoms with E-state index in [-0.39, 0.29) is 18.4 Å². The van der Waals surface area contributed by atoms with Gasteiger partial charge < -0.3 is 4.57 Å². The number of hydrogen-bond acceptors (Lipinski definition) is 2. The minimum atomic E-state index is -0.340. The van der Waals surface area contributed by atoms with E-state index >= 15 is 0 Å². The average Bonchev–Trinajstić information content (AvgIpc) is 3.27. The zero-order valence-electron chi connectivity index (χ0n) is 15.1. The number of carbonyl (C=O) groups is 1. The molecule has 0 unspecified atom stereocenters. The first kappa shape index (κ1) is 16.4. The molecule has 2 aromatic carbocycles. The average molecular weight is 360 g/mol. The van der Waals surface area contributed by atoms with E-state index in [9.17, 15) is 9.18 Å². The zero-order valence-corrected chi connectivity index (χ0v) is 15.1. The fraction of sp³-hybridized carbons (Fsp3) is 0.304. The molecule has 2 aliphatic carbocycles. The van der Waals surface area contributed by atoms with Gasteiger partial charge >= 0.3 is 0 Å². The van der Waals surface area contributed by atoms with Crippen LogP contribution in [0.25, 0.3) is 21.9 Å². The Morgan fingerprint density at radius 2 is 1.96 bits per heavy atom. The molecular formula is C23H21FN2O. The van der Waals surface area contributed by atoms with Crippen molar-refractivity contribution in [1.29, 1.82) is 0 Å². The summed E-state index contributed by atoms with van der Waals surface area (Å²) >= 11 is 0. The van der Waals surface area contributed by atoms with Gasteiger partial charge in [-0.1, -0.05) is 36.4 Å². The van der Waals surface area contributed by atoms with Gasteiger partial charge in [-0.3, -0.25) is 9.18 Å². The van der Waals surface area contributed by atoms with Gasteiger partial charge in [0.25, 0.3) is 0 Å². The summed E-state index contributed by atoms with van der Waals surface area (Å²) in [6.45, 7) is 0.289. The third kappa shape index (κ3) is 2.54. The topological polar surface area (TPSA) is 34.9 Å². The molecule has 3 aromatic rings. The van der Waals surface area contributed by atoms with Crippen molar-refractivity contribution in [2.24, 2.45) is 5.92 Å². The monoisotopic (exact) mass is 360 g/mol. The number of benzene rings is 2. The molecule has 4 heteroatoms. The molecule has 1 heterocycles. The van der Waals surface area contributed by atoms with Crippen LogP contribution in [-0.4, -0.2) is 22.0 Å². The Balaban J connectivity index is 1.48. The molecule has 0 fully saturated rings. The molecule has 1 aromatic heterocycles. The highest BCUT2D eigenvalue weighted by atomic mass is 19.1. The molecule has 5 rings (SSSR count). The molecule has 1 atom stereocenters. The molecule has 0 saturated carbocycles. The second kappa shape index (κ2) is 6.45. The summed E-state index contributed by atoms with van der Waals surface area (Å²) in [5.41, 5.74) is 4.46. The lowest BCUT2D eigenvalue weighted by atomic mass is 9.81. The molecule has 0 saturated heterocycles. The lowest BCUT2D eigenvalue weighted by molar-refractivity contribution is -0.118. The molecular weight excluding hydrogens is 339 g/mol.